The highest BCUT2D eigenvalue weighted by atomic mass is 16.5. The van der Waals surface area contributed by atoms with E-state index in [0.29, 0.717) is 16.7 Å². The predicted octanol–water partition coefficient (Wildman–Crippen LogP) is 1.39. The molecule has 6 heteroatoms. The van der Waals surface area contributed by atoms with E-state index in [2.05, 4.69) is 0 Å². The Morgan fingerprint density at radius 1 is 1.45 bits per heavy atom. The number of hydrogen-bond acceptors (Lipinski definition) is 5. The smallest absolute Gasteiger partial charge is 0.420 e. The minimum Gasteiger partial charge on any atom is -0.464 e. The van der Waals surface area contributed by atoms with Crippen LogP contribution in [0.4, 0.5) is 0 Å². The molecule has 1 aromatic carbocycles. The molecule has 0 amide bonds. The van der Waals surface area contributed by atoms with Crippen LogP contribution < -0.4 is 5.76 Å². The lowest BCUT2D eigenvalue weighted by Gasteiger charge is -2.23. The standard InChI is InChI=1S/C14H17NO5/c1-4-19-12(17)14(2,3)15-10-6-5-9(8-16)7-11(10)20-13(15)18/h5-7,16H,4,8H2,1-3H3. The zero-order valence-electron chi connectivity index (χ0n) is 11.7. The molecule has 0 bridgehead atoms. The van der Waals surface area contributed by atoms with Gasteiger partial charge in [-0.15, -0.1) is 0 Å². The average Bonchev–Trinajstić information content (AvgIpc) is 2.74. The normalized spacial score (nSPS) is 11.8. The molecule has 1 N–H and O–H groups in total. The lowest BCUT2D eigenvalue weighted by atomic mass is 10.1. The number of carbonyl (C=O) groups is 1. The molecule has 0 atom stereocenters. The largest absolute Gasteiger partial charge is 0.464 e. The van der Waals surface area contributed by atoms with E-state index in [4.69, 9.17) is 14.3 Å². The third-order valence-corrected chi connectivity index (χ3v) is 3.16. The molecular weight excluding hydrogens is 262 g/mol. The molecule has 0 aliphatic rings. The van der Waals surface area contributed by atoms with Crippen molar-refractivity contribution >= 4 is 17.1 Å². The Kier molecular flexibility index (Phi) is 3.67. The van der Waals surface area contributed by atoms with Gasteiger partial charge in [-0.05, 0) is 38.5 Å². The van der Waals surface area contributed by atoms with E-state index < -0.39 is 17.3 Å². The number of ether oxygens (including phenoxy) is 1. The average molecular weight is 279 g/mol. The minimum absolute atomic E-state index is 0.147. The number of esters is 1. The van der Waals surface area contributed by atoms with Crippen LogP contribution in [-0.2, 0) is 21.7 Å². The molecule has 0 fully saturated rings. The second-order valence-electron chi connectivity index (χ2n) is 4.94. The van der Waals surface area contributed by atoms with Crippen LogP contribution in [0.5, 0.6) is 0 Å². The highest BCUT2D eigenvalue weighted by molar-refractivity contribution is 5.82. The van der Waals surface area contributed by atoms with E-state index in [1.807, 2.05) is 0 Å². The quantitative estimate of drug-likeness (QED) is 0.855. The van der Waals surface area contributed by atoms with Gasteiger partial charge in [-0.1, -0.05) is 6.07 Å². The zero-order chi connectivity index (χ0) is 14.9. The molecule has 0 unspecified atom stereocenters. The SMILES string of the molecule is CCOC(=O)C(C)(C)n1c(=O)oc2cc(CO)ccc21. The van der Waals surface area contributed by atoms with Gasteiger partial charge in [-0.2, -0.15) is 0 Å². The van der Waals surface area contributed by atoms with E-state index in [1.165, 1.54) is 4.57 Å². The van der Waals surface area contributed by atoms with E-state index >= 15 is 0 Å². The molecule has 108 valence electrons. The van der Waals surface area contributed by atoms with E-state index in [1.54, 1.807) is 39.0 Å². The number of nitrogens with zero attached hydrogens (tertiary/aromatic N) is 1. The van der Waals surface area contributed by atoms with Gasteiger partial charge in [0, 0.05) is 0 Å². The second kappa shape index (κ2) is 5.13. The van der Waals surface area contributed by atoms with Crippen LogP contribution in [0.25, 0.3) is 11.1 Å². The maximum atomic E-state index is 12.0. The molecular formula is C14H17NO5. The van der Waals surface area contributed by atoms with Gasteiger partial charge < -0.3 is 14.3 Å². The van der Waals surface area contributed by atoms with Crippen molar-refractivity contribution in [2.24, 2.45) is 0 Å². The first-order valence-electron chi connectivity index (χ1n) is 6.35. The summed E-state index contributed by atoms with van der Waals surface area (Å²) in [6.45, 7) is 4.99. The number of aromatic nitrogens is 1. The van der Waals surface area contributed by atoms with Crippen LogP contribution in [0, 0.1) is 0 Å². The van der Waals surface area contributed by atoms with Gasteiger partial charge in [0.2, 0.25) is 0 Å². The molecule has 0 saturated heterocycles. The molecule has 6 nitrogen and oxygen atoms in total. The first-order chi connectivity index (χ1) is 9.41. The van der Waals surface area contributed by atoms with Crippen LogP contribution in [0.3, 0.4) is 0 Å². The maximum Gasteiger partial charge on any atom is 0.420 e. The summed E-state index contributed by atoms with van der Waals surface area (Å²) in [6.07, 6.45) is 0. The molecule has 1 heterocycles. The summed E-state index contributed by atoms with van der Waals surface area (Å²) >= 11 is 0. The molecule has 20 heavy (non-hydrogen) atoms. The lowest BCUT2D eigenvalue weighted by Crippen LogP contribution is -2.42. The lowest BCUT2D eigenvalue weighted by molar-refractivity contribution is -0.152. The summed E-state index contributed by atoms with van der Waals surface area (Å²) in [4.78, 5) is 24.0. The number of carbonyl (C=O) groups excluding carboxylic acids is 1. The van der Waals surface area contributed by atoms with Gasteiger partial charge in [-0.3, -0.25) is 4.57 Å². The Labute approximate surface area is 115 Å². The Bertz CT molecular complexity index is 695. The van der Waals surface area contributed by atoms with Gasteiger partial charge in [0.15, 0.2) is 5.58 Å². The monoisotopic (exact) mass is 279 g/mol. The fourth-order valence-corrected chi connectivity index (χ4v) is 2.09. The van der Waals surface area contributed by atoms with Crippen molar-refractivity contribution in [1.82, 2.24) is 4.57 Å². The van der Waals surface area contributed by atoms with Crippen molar-refractivity contribution < 1.29 is 19.1 Å². The molecule has 2 aromatic rings. The Morgan fingerprint density at radius 3 is 2.75 bits per heavy atom. The summed E-state index contributed by atoms with van der Waals surface area (Å²) in [5, 5.41) is 9.09. The van der Waals surface area contributed by atoms with Crippen LogP contribution >= 0.6 is 0 Å². The fourth-order valence-electron chi connectivity index (χ4n) is 2.09. The van der Waals surface area contributed by atoms with Crippen molar-refractivity contribution in [1.29, 1.82) is 0 Å². The van der Waals surface area contributed by atoms with Crippen molar-refractivity contribution in [2.75, 3.05) is 6.61 Å². The van der Waals surface area contributed by atoms with Crippen LogP contribution in [-0.4, -0.2) is 22.2 Å². The Balaban J connectivity index is 2.62. The van der Waals surface area contributed by atoms with Gasteiger partial charge in [-0.25, -0.2) is 9.59 Å². The molecule has 2 rings (SSSR count). The second-order valence-corrected chi connectivity index (χ2v) is 4.94. The third-order valence-electron chi connectivity index (χ3n) is 3.16. The van der Waals surface area contributed by atoms with Crippen molar-refractivity contribution in [3.63, 3.8) is 0 Å². The van der Waals surface area contributed by atoms with Crippen LogP contribution in [0.1, 0.15) is 26.3 Å². The number of rotatable bonds is 4. The first-order valence-corrected chi connectivity index (χ1v) is 6.35. The van der Waals surface area contributed by atoms with Crippen molar-refractivity contribution in [3.05, 3.63) is 34.3 Å². The highest BCUT2D eigenvalue weighted by Crippen LogP contribution is 2.23. The molecule has 0 spiro atoms. The molecule has 0 radical (unpaired) electrons. The van der Waals surface area contributed by atoms with Gasteiger partial charge in [0.1, 0.15) is 5.54 Å². The predicted molar refractivity (Wildman–Crippen MR) is 72.4 cm³/mol. The first kappa shape index (κ1) is 14.3. The number of aliphatic hydroxyl groups excluding tert-OH is 1. The summed E-state index contributed by atoms with van der Waals surface area (Å²) in [6, 6.07) is 4.90. The Hall–Kier alpha value is -2.08. The fraction of sp³-hybridized carbons (Fsp3) is 0.429. The van der Waals surface area contributed by atoms with Crippen molar-refractivity contribution in [2.45, 2.75) is 32.9 Å². The molecule has 0 saturated carbocycles. The topological polar surface area (TPSA) is 81.7 Å². The van der Waals surface area contributed by atoms with Gasteiger partial charge in [0.25, 0.3) is 0 Å². The van der Waals surface area contributed by atoms with E-state index in [9.17, 15) is 9.59 Å². The summed E-state index contributed by atoms with van der Waals surface area (Å²) < 4.78 is 11.4. The summed E-state index contributed by atoms with van der Waals surface area (Å²) in [7, 11) is 0. The van der Waals surface area contributed by atoms with E-state index in [-0.39, 0.29) is 13.2 Å². The van der Waals surface area contributed by atoms with Gasteiger partial charge >= 0.3 is 11.7 Å². The minimum atomic E-state index is -1.17. The van der Waals surface area contributed by atoms with Gasteiger partial charge in [0.05, 0.1) is 18.7 Å². The Morgan fingerprint density at radius 2 is 2.15 bits per heavy atom. The maximum absolute atomic E-state index is 12.0. The molecule has 0 aliphatic carbocycles. The van der Waals surface area contributed by atoms with Crippen LogP contribution in [0.2, 0.25) is 0 Å². The molecule has 1 aromatic heterocycles. The van der Waals surface area contributed by atoms with Crippen LogP contribution in [0.15, 0.2) is 27.4 Å². The number of oxazole rings is 1. The summed E-state index contributed by atoms with van der Waals surface area (Å²) in [5.74, 6) is -1.14. The third kappa shape index (κ3) is 2.22. The zero-order valence-corrected chi connectivity index (χ0v) is 11.7. The number of fused-ring (bicyclic) bond motifs is 1. The van der Waals surface area contributed by atoms with E-state index in [0.717, 1.165) is 0 Å². The van der Waals surface area contributed by atoms with Crippen molar-refractivity contribution in [3.8, 4) is 0 Å². The summed E-state index contributed by atoms with van der Waals surface area (Å²) in [5.41, 5.74) is 0.288. The number of hydrogen-bond donors (Lipinski definition) is 1. The highest BCUT2D eigenvalue weighted by Gasteiger charge is 2.35. The number of aliphatic hydroxyl groups is 1. The number of benzene rings is 1. The molecule has 0 aliphatic heterocycles.